The second-order valence-electron chi connectivity index (χ2n) is 6.91. The number of likely N-dealkylation sites (tertiary alicyclic amines) is 1. The molecule has 1 aromatic rings. The SMILES string of the molecule is CC1CCCN(CC2CCN(S(=O)(=O)c3ccc(Br)s3)CC2)C1. The summed E-state index contributed by atoms with van der Waals surface area (Å²) in [5.41, 5.74) is 0. The molecule has 2 aliphatic rings. The van der Waals surface area contributed by atoms with Crippen LogP contribution in [0.4, 0.5) is 0 Å². The molecule has 7 heteroatoms. The Bertz CT molecular complexity index is 624. The van der Waals surface area contributed by atoms with Crippen molar-refractivity contribution in [3.05, 3.63) is 15.9 Å². The van der Waals surface area contributed by atoms with Crippen molar-refractivity contribution in [3.8, 4) is 0 Å². The Morgan fingerprint density at radius 3 is 2.57 bits per heavy atom. The molecular weight excluding hydrogens is 396 g/mol. The maximum absolute atomic E-state index is 12.6. The average molecular weight is 421 g/mol. The summed E-state index contributed by atoms with van der Waals surface area (Å²) in [5, 5.41) is 0. The normalized spacial score (nSPS) is 25.7. The first-order valence-electron chi connectivity index (χ1n) is 8.43. The van der Waals surface area contributed by atoms with Gasteiger partial charge >= 0.3 is 0 Å². The number of hydrogen-bond donors (Lipinski definition) is 0. The van der Waals surface area contributed by atoms with Crippen LogP contribution < -0.4 is 0 Å². The molecule has 1 unspecified atom stereocenters. The number of piperidine rings is 2. The lowest BCUT2D eigenvalue weighted by Crippen LogP contribution is -2.43. The van der Waals surface area contributed by atoms with Crippen molar-refractivity contribution in [2.45, 2.75) is 36.8 Å². The molecule has 2 saturated heterocycles. The van der Waals surface area contributed by atoms with Crippen molar-refractivity contribution in [2.24, 2.45) is 11.8 Å². The van der Waals surface area contributed by atoms with Gasteiger partial charge in [-0.2, -0.15) is 4.31 Å². The van der Waals surface area contributed by atoms with Crippen LogP contribution in [-0.2, 0) is 10.0 Å². The summed E-state index contributed by atoms with van der Waals surface area (Å²) in [6.45, 7) is 7.22. The Kier molecular flexibility index (Phi) is 5.84. The van der Waals surface area contributed by atoms with Crippen LogP contribution in [0.15, 0.2) is 20.1 Å². The van der Waals surface area contributed by atoms with E-state index in [-0.39, 0.29) is 0 Å². The first kappa shape index (κ1) is 17.9. The molecule has 23 heavy (non-hydrogen) atoms. The van der Waals surface area contributed by atoms with E-state index in [2.05, 4.69) is 27.8 Å². The number of halogens is 1. The third kappa shape index (κ3) is 4.37. The zero-order valence-electron chi connectivity index (χ0n) is 13.6. The van der Waals surface area contributed by atoms with Crippen molar-refractivity contribution in [1.82, 2.24) is 9.21 Å². The summed E-state index contributed by atoms with van der Waals surface area (Å²) in [4.78, 5) is 2.58. The standard InChI is InChI=1S/C16H25BrN2O2S2/c1-13-3-2-8-18(11-13)12-14-6-9-19(10-7-14)23(20,21)16-5-4-15(17)22-16/h4-5,13-14H,2-3,6-12H2,1H3. The smallest absolute Gasteiger partial charge is 0.252 e. The molecule has 0 aromatic carbocycles. The van der Waals surface area contributed by atoms with Crippen LogP contribution >= 0.6 is 27.3 Å². The molecule has 2 aliphatic heterocycles. The van der Waals surface area contributed by atoms with Gasteiger partial charge in [-0.05, 0) is 72.1 Å². The van der Waals surface area contributed by atoms with E-state index in [1.807, 2.05) is 6.07 Å². The highest BCUT2D eigenvalue weighted by molar-refractivity contribution is 9.11. The van der Waals surface area contributed by atoms with Crippen molar-refractivity contribution in [2.75, 3.05) is 32.7 Å². The molecule has 1 aromatic heterocycles. The Morgan fingerprint density at radius 1 is 1.22 bits per heavy atom. The highest BCUT2D eigenvalue weighted by Gasteiger charge is 2.31. The van der Waals surface area contributed by atoms with E-state index >= 15 is 0 Å². The molecule has 1 atom stereocenters. The lowest BCUT2D eigenvalue weighted by molar-refractivity contribution is 0.136. The van der Waals surface area contributed by atoms with Gasteiger partial charge in [0.2, 0.25) is 0 Å². The predicted octanol–water partition coefficient (Wildman–Crippen LogP) is 3.64. The molecule has 0 bridgehead atoms. The lowest BCUT2D eigenvalue weighted by atomic mass is 9.94. The number of sulfonamides is 1. The van der Waals surface area contributed by atoms with Gasteiger partial charge in [0.15, 0.2) is 0 Å². The average Bonchev–Trinajstić information content (AvgIpc) is 2.95. The first-order chi connectivity index (χ1) is 10.9. The third-order valence-corrected chi connectivity index (χ3v) is 8.96. The number of nitrogens with zero attached hydrogens (tertiary/aromatic N) is 2. The van der Waals surface area contributed by atoms with E-state index in [1.54, 1.807) is 10.4 Å². The Hall–Kier alpha value is 0.0500. The minimum Gasteiger partial charge on any atom is -0.303 e. The van der Waals surface area contributed by atoms with Crippen LogP contribution in [0, 0.1) is 11.8 Å². The molecule has 0 spiro atoms. The molecule has 3 heterocycles. The summed E-state index contributed by atoms with van der Waals surface area (Å²) >= 11 is 4.64. The van der Waals surface area contributed by atoms with Crippen molar-refractivity contribution >= 4 is 37.3 Å². The lowest BCUT2D eigenvalue weighted by Gasteiger charge is -2.37. The summed E-state index contributed by atoms with van der Waals surface area (Å²) < 4.78 is 28.3. The van der Waals surface area contributed by atoms with Crippen LogP contribution in [-0.4, -0.2) is 50.3 Å². The van der Waals surface area contributed by atoms with Crippen LogP contribution in [0.1, 0.15) is 32.6 Å². The molecule has 4 nitrogen and oxygen atoms in total. The zero-order valence-corrected chi connectivity index (χ0v) is 16.8. The molecule has 2 fully saturated rings. The van der Waals surface area contributed by atoms with Crippen molar-refractivity contribution in [3.63, 3.8) is 0 Å². The molecular formula is C16H25BrN2O2S2. The maximum atomic E-state index is 12.6. The predicted molar refractivity (Wildman–Crippen MR) is 98.3 cm³/mol. The number of thiophene rings is 1. The summed E-state index contributed by atoms with van der Waals surface area (Å²) in [6, 6.07) is 3.51. The number of rotatable bonds is 4. The Morgan fingerprint density at radius 2 is 1.96 bits per heavy atom. The highest BCUT2D eigenvalue weighted by Crippen LogP contribution is 2.31. The van der Waals surface area contributed by atoms with E-state index in [4.69, 9.17) is 0 Å². The topological polar surface area (TPSA) is 40.6 Å². The molecule has 0 amide bonds. The van der Waals surface area contributed by atoms with Gasteiger partial charge in [0.25, 0.3) is 10.0 Å². The fourth-order valence-electron chi connectivity index (χ4n) is 3.71. The zero-order chi connectivity index (χ0) is 16.4. The monoisotopic (exact) mass is 420 g/mol. The molecule has 0 radical (unpaired) electrons. The second kappa shape index (κ2) is 7.52. The fourth-order valence-corrected chi connectivity index (χ4v) is 7.35. The molecule has 0 saturated carbocycles. The van der Waals surface area contributed by atoms with Gasteiger partial charge in [-0.15, -0.1) is 11.3 Å². The van der Waals surface area contributed by atoms with Gasteiger partial charge in [-0.1, -0.05) is 6.92 Å². The highest BCUT2D eigenvalue weighted by atomic mass is 79.9. The third-order valence-electron chi connectivity index (χ3n) is 4.97. The van der Waals surface area contributed by atoms with Crippen molar-refractivity contribution < 1.29 is 8.42 Å². The van der Waals surface area contributed by atoms with Crippen LogP contribution in [0.2, 0.25) is 0 Å². The minimum absolute atomic E-state index is 0.452. The van der Waals surface area contributed by atoms with Crippen LogP contribution in [0.5, 0.6) is 0 Å². The first-order valence-corrected chi connectivity index (χ1v) is 11.5. The van der Waals surface area contributed by atoms with Gasteiger partial charge in [-0.25, -0.2) is 8.42 Å². The van der Waals surface area contributed by atoms with E-state index in [0.717, 1.165) is 29.1 Å². The summed E-state index contributed by atoms with van der Waals surface area (Å²) in [6.07, 6.45) is 4.62. The van der Waals surface area contributed by atoms with E-state index < -0.39 is 10.0 Å². The molecule has 3 rings (SSSR count). The molecule has 0 aliphatic carbocycles. The van der Waals surface area contributed by atoms with Gasteiger partial charge in [0, 0.05) is 26.2 Å². The van der Waals surface area contributed by atoms with Gasteiger partial charge in [0.1, 0.15) is 4.21 Å². The van der Waals surface area contributed by atoms with E-state index in [1.165, 1.54) is 37.3 Å². The van der Waals surface area contributed by atoms with E-state index in [9.17, 15) is 8.42 Å². The molecule has 0 N–H and O–H groups in total. The Balaban J connectivity index is 1.54. The van der Waals surface area contributed by atoms with Crippen LogP contribution in [0.3, 0.4) is 0 Å². The van der Waals surface area contributed by atoms with Gasteiger partial charge in [0.05, 0.1) is 3.79 Å². The van der Waals surface area contributed by atoms with Gasteiger partial charge < -0.3 is 4.90 Å². The quantitative estimate of drug-likeness (QED) is 0.745. The largest absolute Gasteiger partial charge is 0.303 e. The minimum atomic E-state index is -3.30. The van der Waals surface area contributed by atoms with Crippen molar-refractivity contribution in [1.29, 1.82) is 0 Å². The Labute approximate surface area is 152 Å². The fraction of sp³-hybridized carbons (Fsp3) is 0.750. The van der Waals surface area contributed by atoms with E-state index in [0.29, 0.717) is 23.2 Å². The molecule has 130 valence electrons. The second-order valence-corrected chi connectivity index (χ2v) is 11.5. The van der Waals surface area contributed by atoms with Crippen LogP contribution in [0.25, 0.3) is 0 Å². The summed E-state index contributed by atoms with van der Waals surface area (Å²) in [7, 11) is -3.30. The van der Waals surface area contributed by atoms with Gasteiger partial charge in [-0.3, -0.25) is 0 Å². The summed E-state index contributed by atoms with van der Waals surface area (Å²) in [5.74, 6) is 1.45. The number of hydrogen-bond acceptors (Lipinski definition) is 4. The maximum Gasteiger partial charge on any atom is 0.252 e.